The van der Waals surface area contributed by atoms with Crippen molar-refractivity contribution in [3.8, 4) is 0 Å². The molecule has 0 fully saturated rings. The maximum atomic E-state index is 12.0. The lowest BCUT2D eigenvalue weighted by Gasteiger charge is -2.12. The molecule has 1 rings (SSSR count). The van der Waals surface area contributed by atoms with E-state index in [1.165, 1.54) is 6.07 Å². The van der Waals surface area contributed by atoms with Gasteiger partial charge >= 0.3 is 0 Å². The van der Waals surface area contributed by atoms with Gasteiger partial charge in [-0.15, -0.1) is 0 Å². The minimum Gasteiger partial charge on any atom is -0.394 e. The van der Waals surface area contributed by atoms with Crippen molar-refractivity contribution < 1.29 is 30.0 Å². The molecule has 0 aliphatic heterocycles. The first-order valence-corrected chi connectivity index (χ1v) is 7.13. The van der Waals surface area contributed by atoms with Crippen LogP contribution in [0.15, 0.2) is 18.2 Å². The number of benzene rings is 1. The summed E-state index contributed by atoms with van der Waals surface area (Å²) in [4.78, 5) is 24.0. The zero-order valence-electron chi connectivity index (χ0n) is 12.8. The Balaban J connectivity index is 2.78. The van der Waals surface area contributed by atoms with Gasteiger partial charge in [0.1, 0.15) is 0 Å². The van der Waals surface area contributed by atoms with Gasteiger partial charge in [0.2, 0.25) is 0 Å². The van der Waals surface area contributed by atoms with Crippen molar-refractivity contribution in [3.63, 3.8) is 0 Å². The van der Waals surface area contributed by atoms with E-state index in [-0.39, 0.29) is 24.2 Å². The fourth-order valence-electron chi connectivity index (χ4n) is 1.80. The van der Waals surface area contributed by atoms with E-state index in [0.29, 0.717) is 5.56 Å². The Morgan fingerprint density at radius 2 is 1.30 bits per heavy atom. The third-order valence-corrected chi connectivity index (χ3v) is 3.02. The number of carbonyl (C=O) groups is 2. The molecule has 23 heavy (non-hydrogen) atoms. The first kappa shape index (κ1) is 19.0. The number of amides is 2. The molecule has 0 radical (unpaired) electrons. The van der Waals surface area contributed by atoms with E-state index < -0.39 is 37.2 Å². The van der Waals surface area contributed by atoms with Crippen LogP contribution in [0.2, 0.25) is 0 Å². The lowest BCUT2D eigenvalue weighted by atomic mass is 10.1. The standard InChI is InChI=1S/C15H22N2O6/c1-9-2-10(14(22)16-5-12(20)7-18)4-11(3-9)15(23)17-6-13(21)8-19/h2-4,12-13,18-21H,5-8H2,1H3,(H,16,22)(H,17,23). The lowest BCUT2D eigenvalue weighted by Crippen LogP contribution is -2.35. The van der Waals surface area contributed by atoms with Crippen LogP contribution in [0.25, 0.3) is 0 Å². The fourth-order valence-corrected chi connectivity index (χ4v) is 1.80. The Kier molecular flexibility index (Phi) is 7.63. The van der Waals surface area contributed by atoms with Crippen LogP contribution in [0.4, 0.5) is 0 Å². The highest BCUT2D eigenvalue weighted by Crippen LogP contribution is 2.10. The quantitative estimate of drug-likeness (QED) is 0.332. The van der Waals surface area contributed by atoms with Gasteiger partial charge in [-0.05, 0) is 30.7 Å². The van der Waals surface area contributed by atoms with Crippen molar-refractivity contribution >= 4 is 11.8 Å². The van der Waals surface area contributed by atoms with Gasteiger partial charge in [-0.3, -0.25) is 9.59 Å². The number of nitrogens with one attached hydrogen (secondary N) is 2. The van der Waals surface area contributed by atoms with E-state index in [2.05, 4.69) is 10.6 Å². The number of carbonyl (C=O) groups excluding carboxylic acids is 2. The summed E-state index contributed by atoms with van der Waals surface area (Å²) in [6.45, 7) is 0.587. The van der Waals surface area contributed by atoms with Gasteiger partial charge in [0, 0.05) is 24.2 Å². The molecular formula is C15H22N2O6. The van der Waals surface area contributed by atoms with Gasteiger partial charge in [0.05, 0.1) is 25.4 Å². The third kappa shape index (κ3) is 6.33. The van der Waals surface area contributed by atoms with Crippen molar-refractivity contribution in [2.45, 2.75) is 19.1 Å². The van der Waals surface area contributed by atoms with Gasteiger partial charge in [-0.25, -0.2) is 0 Å². The normalized spacial score (nSPS) is 13.3. The summed E-state index contributed by atoms with van der Waals surface area (Å²) in [7, 11) is 0. The molecule has 0 heterocycles. The second-order valence-corrected chi connectivity index (χ2v) is 5.18. The first-order chi connectivity index (χ1) is 10.9. The van der Waals surface area contributed by atoms with Gasteiger partial charge in [-0.2, -0.15) is 0 Å². The summed E-state index contributed by atoms with van der Waals surface area (Å²) in [6.07, 6.45) is -2.10. The topological polar surface area (TPSA) is 139 Å². The van der Waals surface area contributed by atoms with Gasteiger partial charge in [0.25, 0.3) is 11.8 Å². The number of aliphatic hydroxyl groups excluding tert-OH is 4. The van der Waals surface area contributed by atoms with Crippen LogP contribution in [0, 0.1) is 6.92 Å². The molecular weight excluding hydrogens is 304 g/mol. The lowest BCUT2D eigenvalue weighted by molar-refractivity contribution is 0.0800. The third-order valence-electron chi connectivity index (χ3n) is 3.02. The molecule has 0 aliphatic rings. The van der Waals surface area contributed by atoms with E-state index in [0.717, 1.165) is 0 Å². The molecule has 8 nitrogen and oxygen atoms in total. The molecule has 2 unspecified atom stereocenters. The minimum absolute atomic E-state index is 0.104. The molecule has 1 aromatic carbocycles. The van der Waals surface area contributed by atoms with E-state index in [1.54, 1.807) is 19.1 Å². The Hall–Kier alpha value is -2.00. The molecule has 6 N–H and O–H groups in total. The van der Waals surface area contributed by atoms with E-state index in [9.17, 15) is 19.8 Å². The van der Waals surface area contributed by atoms with Crippen molar-refractivity contribution in [3.05, 3.63) is 34.9 Å². The second kappa shape index (κ2) is 9.21. The number of hydrogen-bond acceptors (Lipinski definition) is 6. The Morgan fingerprint density at radius 3 is 1.65 bits per heavy atom. The van der Waals surface area contributed by atoms with Crippen molar-refractivity contribution in [2.75, 3.05) is 26.3 Å². The van der Waals surface area contributed by atoms with Crippen LogP contribution in [0.1, 0.15) is 26.3 Å². The molecule has 1 aromatic rings. The fraction of sp³-hybridized carbons (Fsp3) is 0.467. The van der Waals surface area contributed by atoms with Gasteiger partial charge < -0.3 is 31.1 Å². The van der Waals surface area contributed by atoms with E-state index >= 15 is 0 Å². The average molecular weight is 326 g/mol. The molecule has 128 valence electrons. The Labute approximate surface area is 133 Å². The summed E-state index contributed by atoms with van der Waals surface area (Å²) >= 11 is 0. The maximum absolute atomic E-state index is 12.0. The zero-order chi connectivity index (χ0) is 17.4. The largest absolute Gasteiger partial charge is 0.394 e. The molecule has 2 amide bonds. The predicted octanol–water partition coefficient (Wildman–Crippen LogP) is -1.84. The molecule has 0 aliphatic carbocycles. The molecule has 0 aromatic heterocycles. The Morgan fingerprint density at radius 1 is 0.913 bits per heavy atom. The van der Waals surface area contributed by atoms with Crippen LogP contribution in [0.5, 0.6) is 0 Å². The zero-order valence-corrected chi connectivity index (χ0v) is 12.8. The molecule has 0 saturated heterocycles. The molecule has 2 atom stereocenters. The highest BCUT2D eigenvalue weighted by Gasteiger charge is 2.14. The average Bonchev–Trinajstić information content (AvgIpc) is 2.55. The number of aryl methyl sites for hydroxylation is 1. The van der Waals surface area contributed by atoms with Crippen LogP contribution in [-0.4, -0.2) is 70.8 Å². The summed E-state index contributed by atoms with van der Waals surface area (Å²) in [5, 5.41) is 40.8. The highest BCUT2D eigenvalue weighted by atomic mass is 16.3. The maximum Gasteiger partial charge on any atom is 0.251 e. The molecule has 0 saturated carbocycles. The first-order valence-electron chi connectivity index (χ1n) is 7.13. The molecule has 0 spiro atoms. The summed E-state index contributed by atoms with van der Waals surface area (Å²) in [5.74, 6) is -0.962. The summed E-state index contributed by atoms with van der Waals surface area (Å²) < 4.78 is 0. The van der Waals surface area contributed by atoms with Crippen molar-refractivity contribution in [1.82, 2.24) is 10.6 Å². The van der Waals surface area contributed by atoms with E-state index in [4.69, 9.17) is 10.2 Å². The smallest absolute Gasteiger partial charge is 0.251 e. The molecule has 8 heteroatoms. The van der Waals surface area contributed by atoms with Crippen molar-refractivity contribution in [2.24, 2.45) is 0 Å². The second-order valence-electron chi connectivity index (χ2n) is 5.18. The van der Waals surface area contributed by atoms with Crippen LogP contribution in [0.3, 0.4) is 0 Å². The SMILES string of the molecule is Cc1cc(C(=O)NCC(O)CO)cc(C(=O)NCC(O)CO)c1. The number of hydrogen-bond donors (Lipinski definition) is 6. The predicted molar refractivity (Wildman–Crippen MR) is 82.0 cm³/mol. The van der Waals surface area contributed by atoms with Crippen molar-refractivity contribution in [1.29, 1.82) is 0 Å². The van der Waals surface area contributed by atoms with Crippen LogP contribution < -0.4 is 10.6 Å². The van der Waals surface area contributed by atoms with Gasteiger partial charge in [-0.1, -0.05) is 0 Å². The summed E-state index contributed by atoms with van der Waals surface area (Å²) in [5.41, 5.74) is 1.17. The summed E-state index contributed by atoms with van der Waals surface area (Å²) in [6, 6.07) is 4.55. The monoisotopic (exact) mass is 326 g/mol. The van der Waals surface area contributed by atoms with Gasteiger partial charge in [0.15, 0.2) is 0 Å². The van der Waals surface area contributed by atoms with Crippen LogP contribution in [-0.2, 0) is 0 Å². The van der Waals surface area contributed by atoms with E-state index in [1.807, 2.05) is 0 Å². The minimum atomic E-state index is -1.05. The Bertz CT molecular complexity index is 505. The van der Waals surface area contributed by atoms with Crippen LogP contribution >= 0.6 is 0 Å². The number of rotatable bonds is 8. The number of aliphatic hydroxyl groups is 4. The highest BCUT2D eigenvalue weighted by molar-refractivity contribution is 6.00. The molecule has 0 bridgehead atoms.